The van der Waals surface area contributed by atoms with Crippen LogP contribution in [0.25, 0.3) is 38.6 Å². The highest BCUT2D eigenvalue weighted by molar-refractivity contribution is 6.05. The van der Waals surface area contributed by atoms with E-state index in [0.717, 1.165) is 21.9 Å². The van der Waals surface area contributed by atoms with Gasteiger partial charge < -0.3 is 4.74 Å². The first kappa shape index (κ1) is 20.3. The van der Waals surface area contributed by atoms with Crippen LogP contribution in [0.2, 0.25) is 0 Å². The van der Waals surface area contributed by atoms with Crippen LogP contribution in [0.4, 0.5) is 5.69 Å². The molecule has 0 fully saturated rings. The standard InChI is InChI=1S/C25H18N4O4/c1-15-3-7-19(12-22(15)29(31)32)28-24(30)10-6-18-14-26-21-8-4-16(11-20(21)25(18)28)17-5-9-23(33-2)27-13-17/h3-14H,1-2H3. The van der Waals surface area contributed by atoms with Gasteiger partial charge in [-0.1, -0.05) is 12.1 Å². The summed E-state index contributed by atoms with van der Waals surface area (Å²) in [5, 5.41) is 13.0. The van der Waals surface area contributed by atoms with Crippen molar-refractivity contribution in [3.8, 4) is 22.7 Å². The normalized spacial score (nSPS) is 11.1. The fraction of sp³-hybridized carbons (Fsp3) is 0.0800. The zero-order chi connectivity index (χ0) is 23.1. The van der Waals surface area contributed by atoms with Gasteiger partial charge in [0.05, 0.1) is 28.8 Å². The molecule has 0 bridgehead atoms. The van der Waals surface area contributed by atoms with E-state index in [4.69, 9.17) is 4.74 Å². The molecule has 5 rings (SSSR count). The summed E-state index contributed by atoms with van der Waals surface area (Å²) < 4.78 is 6.64. The van der Waals surface area contributed by atoms with Crippen LogP contribution in [-0.4, -0.2) is 26.6 Å². The van der Waals surface area contributed by atoms with Crippen molar-refractivity contribution in [2.24, 2.45) is 0 Å². The van der Waals surface area contributed by atoms with Gasteiger partial charge in [0, 0.05) is 52.5 Å². The number of pyridine rings is 3. The SMILES string of the molecule is COc1ccc(-c2ccc3ncc4ccc(=O)n(-c5ccc(C)c([N+](=O)[O-])c5)c4c3c2)cn1. The van der Waals surface area contributed by atoms with Crippen LogP contribution in [-0.2, 0) is 0 Å². The molecule has 0 saturated carbocycles. The predicted molar refractivity (Wildman–Crippen MR) is 126 cm³/mol. The van der Waals surface area contributed by atoms with Crippen LogP contribution in [0.15, 0.2) is 77.9 Å². The van der Waals surface area contributed by atoms with E-state index in [2.05, 4.69) is 9.97 Å². The van der Waals surface area contributed by atoms with Gasteiger partial charge >= 0.3 is 0 Å². The first-order chi connectivity index (χ1) is 16.0. The number of benzene rings is 2. The van der Waals surface area contributed by atoms with Gasteiger partial charge in [-0.15, -0.1) is 0 Å². The van der Waals surface area contributed by atoms with Crippen LogP contribution in [0, 0.1) is 17.0 Å². The lowest BCUT2D eigenvalue weighted by molar-refractivity contribution is -0.385. The summed E-state index contributed by atoms with van der Waals surface area (Å²) in [6, 6.07) is 17.4. The fourth-order valence-electron chi connectivity index (χ4n) is 3.95. The lowest BCUT2D eigenvalue weighted by atomic mass is 10.0. The third-order valence-electron chi connectivity index (χ3n) is 5.64. The van der Waals surface area contributed by atoms with E-state index in [9.17, 15) is 14.9 Å². The van der Waals surface area contributed by atoms with Gasteiger partial charge in [0.2, 0.25) is 5.88 Å². The second-order valence-corrected chi connectivity index (χ2v) is 7.62. The minimum atomic E-state index is -0.441. The highest BCUT2D eigenvalue weighted by Gasteiger charge is 2.16. The first-order valence-electron chi connectivity index (χ1n) is 10.2. The van der Waals surface area contributed by atoms with Crippen molar-refractivity contribution in [2.45, 2.75) is 6.92 Å². The van der Waals surface area contributed by atoms with Crippen LogP contribution in [0.5, 0.6) is 5.88 Å². The van der Waals surface area contributed by atoms with Gasteiger partial charge in [0.15, 0.2) is 0 Å². The van der Waals surface area contributed by atoms with Gasteiger partial charge in [0.1, 0.15) is 0 Å². The molecule has 0 aliphatic carbocycles. The lowest BCUT2D eigenvalue weighted by Crippen LogP contribution is -2.18. The highest BCUT2D eigenvalue weighted by atomic mass is 16.6. The zero-order valence-electron chi connectivity index (χ0n) is 17.9. The smallest absolute Gasteiger partial charge is 0.274 e. The van der Waals surface area contributed by atoms with Crippen LogP contribution >= 0.6 is 0 Å². The summed E-state index contributed by atoms with van der Waals surface area (Å²) in [7, 11) is 1.56. The van der Waals surface area contributed by atoms with Crippen molar-refractivity contribution in [1.29, 1.82) is 0 Å². The molecule has 0 spiro atoms. The number of aryl methyl sites for hydroxylation is 1. The molecule has 0 unspecified atom stereocenters. The van der Waals surface area contributed by atoms with E-state index in [1.807, 2.05) is 24.3 Å². The van der Waals surface area contributed by atoms with Gasteiger partial charge in [-0.2, -0.15) is 0 Å². The molecule has 0 amide bonds. The summed E-state index contributed by atoms with van der Waals surface area (Å²) in [5.41, 5.74) is 3.73. The number of rotatable bonds is 4. The molecule has 8 heteroatoms. The number of nitro groups is 1. The summed E-state index contributed by atoms with van der Waals surface area (Å²) in [6.07, 6.45) is 3.42. The van der Waals surface area contributed by atoms with Crippen LogP contribution in [0.1, 0.15) is 5.56 Å². The molecule has 0 radical (unpaired) electrons. The number of aromatic nitrogens is 3. The highest BCUT2D eigenvalue weighted by Crippen LogP contribution is 2.30. The maximum atomic E-state index is 13.0. The molecule has 0 atom stereocenters. The Morgan fingerprint density at radius 3 is 2.48 bits per heavy atom. The van der Waals surface area contributed by atoms with E-state index >= 15 is 0 Å². The van der Waals surface area contributed by atoms with E-state index in [1.54, 1.807) is 50.7 Å². The van der Waals surface area contributed by atoms with E-state index in [0.29, 0.717) is 28.2 Å². The Kier molecular flexibility index (Phi) is 4.82. The summed E-state index contributed by atoms with van der Waals surface area (Å²) in [5.74, 6) is 0.515. The predicted octanol–water partition coefficient (Wildman–Crippen LogP) is 4.83. The number of ether oxygens (including phenoxy) is 1. The molecule has 5 aromatic rings. The monoisotopic (exact) mass is 438 g/mol. The topological polar surface area (TPSA) is 100 Å². The minimum absolute atomic E-state index is 0.0419. The molecular formula is C25H18N4O4. The largest absolute Gasteiger partial charge is 0.481 e. The number of nitrogens with zero attached hydrogens (tertiary/aromatic N) is 4. The molecule has 162 valence electrons. The van der Waals surface area contributed by atoms with Crippen molar-refractivity contribution < 1.29 is 9.66 Å². The Morgan fingerprint density at radius 1 is 0.939 bits per heavy atom. The molecule has 3 aromatic heterocycles. The Balaban J connectivity index is 1.82. The Labute approximate surface area is 187 Å². The zero-order valence-corrected chi connectivity index (χ0v) is 17.9. The van der Waals surface area contributed by atoms with Gasteiger partial charge in [-0.25, -0.2) is 4.98 Å². The average Bonchev–Trinajstić information content (AvgIpc) is 2.84. The summed E-state index contributed by atoms with van der Waals surface area (Å²) in [6.45, 7) is 1.67. The van der Waals surface area contributed by atoms with Gasteiger partial charge in [-0.3, -0.25) is 24.5 Å². The van der Waals surface area contributed by atoms with Crippen LogP contribution in [0.3, 0.4) is 0 Å². The van der Waals surface area contributed by atoms with E-state index in [-0.39, 0.29) is 11.2 Å². The molecule has 0 N–H and O–H groups in total. The summed E-state index contributed by atoms with van der Waals surface area (Å²) in [4.78, 5) is 32.9. The summed E-state index contributed by atoms with van der Waals surface area (Å²) >= 11 is 0. The fourth-order valence-corrected chi connectivity index (χ4v) is 3.95. The van der Waals surface area contributed by atoms with E-state index in [1.165, 1.54) is 16.7 Å². The second kappa shape index (κ2) is 7.83. The minimum Gasteiger partial charge on any atom is -0.481 e. The first-order valence-corrected chi connectivity index (χ1v) is 10.2. The average molecular weight is 438 g/mol. The van der Waals surface area contributed by atoms with Gasteiger partial charge in [0.25, 0.3) is 11.2 Å². The second-order valence-electron chi connectivity index (χ2n) is 7.62. The quantitative estimate of drug-likeness (QED) is 0.226. The van der Waals surface area contributed by atoms with Crippen molar-refractivity contribution in [1.82, 2.24) is 14.5 Å². The maximum Gasteiger partial charge on any atom is 0.274 e. The number of nitro benzene ring substituents is 1. The van der Waals surface area contributed by atoms with Crippen molar-refractivity contribution in [2.75, 3.05) is 7.11 Å². The molecule has 0 aliphatic rings. The Morgan fingerprint density at radius 2 is 1.76 bits per heavy atom. The van der Waals surface area contributed by atoms with Crippen LogP contribution < -0.4 is 10.3 Å². The molecule has 8 nitrogen and oxygen atoms in total. The molecule has 33 heavy (non-hydrogen) atoms. The van der Waals surface area contributed by atoms with Crippen molar-refractivity contribution in [3.05, 3.63) is 99.1 Å². The molecule has 0 aliphatic heterocycles. The van der Waals surface area contributed by atoms with E-state index < -0.39 is 4.92 Å². The molecule has 2 aromatic carbocycles. The van der Waals surface area contributed by atoms with Gasteiger partial charge in [-0.05, 0) is 42.8 Å². The Bertz CT molecular complexity index is 1610. The number of fused-ring (bicyclic) bond motifs is 3. The lowest BCUT2D eigenvalue weighted by Gasteiger charge is -2.14. The van der Waals surface area contributed by atoms with Crippen molar-refractivity contribution >= 4 is 27.5 Å². The number of hydrogen-bond donors (Lipinski definition) is 0. The molecule has 0 saturated heterocycles. The Hall–Kier alpha value is -4.59. The maximum absolute atomic E-state index is 13.0. The number of hydrogen-bond acceptors (Lipinski definition) is 6. The van der Waals surface area contributed by atoms with Crippen molar-refractivity contribution in [3.63, 3.8) is 0 Å². The molecular weight excluding hydrogens is 420 g/mol. The third kappa shape index (κ3) is 3.47. The third-order valence-corrected chi connectivity index (χ3v) is 5.64. The molecule has 3 heterocycles. The number of methoxy groups -OCH3 is 1.